The standard InChI is InChI=1S/C8H7ClFNO3/c9-3-1-2-4(12)5(6(3)10)7(11)8(13)14/h1-2,7,12H,11H2,(H,13,14). The fraction of sp³-hybridized carbons (Fsp3) is 0.125. The molecule has 0 fully saturated rings. The molecule has 0 spiro atoms. The number of aliphatic carboxylic acids is 1. The van der Waals surface area contributed by atoms with Crippen molar-refractivity contribution in [1.82, 2.24) is 0 Å². The minimum Gasteiger partial charge on any atom is -0.507 e. The molecule has 1 atom stereocenters. The Morgan fingerprint density at radius 1 is 1.57 bits per heavy atom. The first kappa shape index (κ1) is 10.7. The SMILES string of the molecule is NC(C(=O)O)c1c(O)ccc(Cl)c1F. The third-order valence-corrected chi connectivity index (χ3v) is 1.98. The molecule has 1 aromatic carbocycles. The molecule has 1 aromatic rings. The van der Waals surface area contributed by atoms with Gasteiger partial charge in [-0.2, -0.15) is 0 Å². The summed E-state index contributed by atoms with van der Waals surface area (Å²) in [7, 11) is 0. The van der Waals surface area contributed by atoms with E-state index in [4.69, 9.17) is 22.4 Å². The van der Waals surface area contributed by atoms with E-state index in [2.05, 4.69) is 0 Å². The van der Waals surface area contributed by atoms with Crippen LogP contribution in [0.15, 0.2) is 12.1 Å². The first-order chi connectivity index (χ1) is 6.45. The van der Waals surface area contributed by atoms with Crippen LogP contribution in [0.3, 0.4) is 0 Å². The summed E-state index contributed by atoms with van der Waals surface area (Å²) in [6.07, 6.45) is 0. The van der Waals surface area contributed by atoms with E-state index in [1.54, 1.807) is 0 Å². The predicted molar refractivity (Wildman–Crippen MR) is 47.6 cm³/mol. The minimum atomic E-state index is -1.63. The lowest BCUT2D eigenvalue weighted by Gasteiger charge is -2.10. The Labute approximate surface area is 83.7 Å². The highest BCUT2D eigenvalue weighted by Gasteiger charge is 2.23. The second kappa shape index (κ2) is 3.81. The summed E-state index contributed by atoms with van der Waals surface area (Å²) < 4.78 is 13.2. The van der Waals surface area contributed by atoms with Crippen LogP contribution in [-0.4, -0.2) is 16.2 Å². The molecule has 0 aliphatic rings. The van der Waals surface area contributed by atoms with E-state index < -0.39 is 29.1 Å². The van der Waals surface area contributed by atoms with E-state index in [0.29, 0.717) is 0 Å². The first-order valence-electron chi connectivity index (χ1n) is 3.60. The number of benzene rings is 1. The molecule has 0 bridgehead atoms. The number of carbonyl (C=O) groups is 1. The van der Waals surface area contributed by atoms with Crippen LogP contribution in [0.4, 0.5) is 4.39 Å². The molecule has 0 aromatic heterocycles. The highest BCUT2D eigenvalue weighted by Crippen LogP contribution is 2.30. The van der Waals surface area contributed by atoms with Crippen LogP contribution in [0.25, 0.3) is 0 Å². The first-order valence-corrected chi connectivity index (χ1v) is 3.98. The van der Waals surface area contributed by atoms with E-state index in [9.17, 15) is 14.3 Å². The van der Waals surface area contributed by atoms with Gasteiger partial charge in [0.2, 0.25) is 0 Å². The maximum Gasteiger partial charge on any atom is 0.325 e. The van der Waals surface area contributed by atoms with Crippen LogP contribution in [0, 0.1) is 5.82 Å². The second-order valence-electron chi connectivity index (χ2n) is 2.61. The van der Waals surface area contributed by atoms with E-state index in [1.807, 2.05) is 0 Å². The van der Waals surface area contributed by atoms with E-state index in [-0.39, 0.29) is 5.02 Å². The molecule has 76 valence electrons. The smallest absolute Gasteiger partial charge is 0.325 e. The van der Waals surface area contributed by atoms with Crippen molar-refractivity contribution in [1.29, 1.82) is 0 Å². The molecule has 14 heavy (non-hydrogen) atoms. The number of aromatic hydroxyl groups is 1. The fourth-order valence-corrected chi connectivity index (χ4v) is 1.14. The topological polar surface area (TPSA) is 83.6 Å². The molecule has 0 aliphatic heterocycles. The lowest BCUT2D eigenvalue weighted by molar-refractivity contribution is -0.138. The maximum absolute atomic E-state index is 13.2. The van der Waals surface area contributed by atoms with Gasteiger partial charge in [-0.15, -0.1) is 0 Å². The van der Waals surface area contributed by atoms with Crippen molar-refractivity contribution < 1.29 is 19.4 Å². The molecule has 0 radical (unpaired) electrons. The Morgan fingerprint density at radius 2 is 2.14 bits per heavy atom. The molecule has 0 heterocycles. The van der Waals surface area contributed by atoms with E-state index >= 15 is 0 Å². The van der Waals surface area contributed by atoms with Crippen molar-refractivity contribution in [2.45, 2.75) is 6.04 Å². The summed E-state index contributed by atoms with van der Waals surface area (Å²) in [5, 5.41) is 17.4. The van der Waals surface area contributed by atoms with Gasteiger partial charge in [-0.05, 0) is 12.1 Å². The summed E-state index contributed by atoms with van der Waals surface area (Å²) in [6, 6.07) is 0.571. The van der Waals surface area contributed by atoms with Crippen LogP contribution in [0.5, 0.6) is 5.75 Å². The van der Waals surface area contributed by atoms with Crippen molar-refractivity contribution in [3.63, 3.8) is 0 Å². The van der Waals surface area contributed by atoms with Crippen molar-refractivity contribution in [3.05, 3.63) is 28.5 Å². The van der Waals surface area contributed by atoms with E-state index in [0.717, 1.165) is 12.1 Å². The maximum atomic E-state index is 13.2. The Hall–Kier alpha value is -1.33. The average Bonchev–Trinajstić information content (AvgIpc) is 2.12. The third-order valence-electron chi connectivity index (χ3n) is 1.69. The second-order valence-corrected chi connectivity index (χ2v) is 3.02. The zero-order valence-electron chi connectivity index (χ0n) is 6.87. The van der Waals surface area contributed by atoms with Crippen LogP contribution >= 0.6 is 11.6 Å². The highest BCUT2D eigenvalue weighted by atomic mass is 35.5. The minimum absolute atomic E-state index is 0.283. The van der Waals surface area contributed by atoms with Gasteiger partial charge in [0.25, 0.3) is 0 Å². The highest BCUT2D eigenvalue weighted by molar-refractivity contribution is 6.30. The lowest BCUT2D eigenvalue weighted by Crippen LogP contribution is -2.22. The Kier molecular flexibility index (Phi) is 2.93. The number of phenols is 1. The zero-order valence-corrected chi connectivity index (χ0v) is 7.62. The predicted octanol–water partition coefficient (Wildman–Crippen LogP) is 1.27. The number of carboxylic acids is 1. The Balaban J connectivity index is 3.32. The van der Waals surface area contributed by atoms with Crippen molar-refractivity contribution >= 4 is 17.6 Å². The molecule has 6 heteroatoms. The molecule has 0 saturated heterocycles. The molecular formula is C8H7ClFNO3. The van der Waals surface area contributed by atoms with Crippen LogP contribution < -0.4 is 5.73 Å². The Morgan fingerprint density at radius 3 is 2.64 bits per heavy atom. The Bertz CT molecular complexity index is 383. The summed E-state index contributed by atoms with van der Waals surface area (Å²) in [4.78, 5) is 10.5. The van der Waals surface area contributed by atoms with Gasteiger partial charge in [-0.3, -0.25) is 4.79 Å². The third kappa shape index (κ3) is 1.78. The van der Waals surface area contributed by atoms with E-state index in [1.165, 1.54) is 0 Å². The zero-order chi connectivity index (χ0) is 10.9. The molecule has 0 amide bonds. The van der Waals surface area contributed by atoms with Gasteiger partial charge in [0.1, 0.15) is 11.8 Å². The number of rotatable bonds is 2. The molecule has 0 saturated carbocycles. The lowest BCUT2D eigenvalue weighted by atomic mass is 10.1. The van der Waals surface area contributed by atoms with Crippen molar-refractivity contribution in [3.8, 4) is 5.75 Å². The average molecular weight is 220 g/mol. The summed E-state index contributed by atoms with van der Waals surface area (Å²) >= 11 is 5.40. The van der Waals surface area contributed by atoms with Gasteiger partial charge in [0, 0.05) is 0 Å². The number of hydrogen-bond acceptors (Lipinski definition) is 3. The number of halogens is 2. The van der Waals surface area contributed by atoms with Gasteiger partial charge in [0.05, 0.1) is 10.6 Å². The van der Waals surface area contributed by atoms with Gasteiger partial charge >= 0.3 is 5.97 Å². The monoisotopic (exact) mass is 219 g/mol. The molecule has 4 N–H and O–H groups in total. The molecule has 4 nitrogen and oxygen atoms in total. The van der Waals surface area contributed by atoms with Crippen molar-refractivity contribution in [2.24, 2.45) is 5.73 Å². The molecule has 1 unspecified atom stereocenters. The quantitative estimate of drug-likeness (QED) is 0.699. The summed E-state index contributed by atoms with van der Waals surface area (Å²) in [5.41, 5.74) is 4.64. The van der Waals surface area contributed by atoms with Crippen LogP contribution in [-0.2, 0) is 4.79 Å². The van der Waals surface area contributed by atoms with Crippen molar-refractivity contribution in [2.75, 3.05) is 0 Å². The summed E-state index contributed by atoms with van der Waals surface area (Å²) in [5.74, 6) is -2.98. The van der Waals surface area contributed by atoms with Gasteiger partial charge in [0.15, 0.2) is 5.82 Å². The largest absolute Gasteiger partial charge is 0.507 e. The fourth-order valence-electron chi connectivity index (χ4n) is 0.975. The summed E-state index contributed by atoms with van der Waals surface area (Å²) in [6.45, 7) is 0. The number of carboxylic acid groups (broad SMARTS) is 1. The normalized spacial score (nSPS) is 12.5. The molecular weight excluding hydrogens is 213 g/mol. The van der Waals surface area contributed by atoms with Crippen LogP contribution in [0.2, 0.25) is 5.02 Å². The van der Waals surface area contributed by atoms with Gasteiger partial charge < -0.3 is 15.9 Å². The number of nitrogens with two attached hydrogens (primary N) is 1. The molecule has 0 aliphatic carbocycles. The van der Waals surface area contributed by atoms with Gasteiger partial charge in [-0.25, -0.2) is 4.39 Å². The molecule has 1 rings (SSSR count). The van der Waals surface area contributed by atoms with Crippen LogP contribution in [0.1, 0.15) is 11.6 Å². The number of hydrogen-bond donors (Lipinski definition) is 3. The number of phenolic OH excluding ortho intramolecular Hbond substituents is 1. The van der Waals surface area contributed by atoms with Gasteiger partial charge in [-0.1, -0.05) is 11.6 Å².